The van der Waals surface area contributed by atoms with E-state index >= 15 is 0 Å². The third-order valence-electron chi connectivity index (χ3n) is 4.63. The van der Waals surface area contributed by atoms with Gasteiger partial charge in [-0.1, -0.05) is 5.16 Å². The lowest BCUT2D eigenvalue weighted by Gasteiger charge is -2.28. The van der Waals surface area contributed by atoms with Crippen LogP contribution in [-0.2, 0) is 16.0 Å². The number of carbonyl (C=O) groups is 1. The molecule has 0 bridgehead atoms. The normalized spacial score (nSPS) is 14.2. The Labute approximate surface area is 161 Å². The largest absolute Gasteiger partial charge is 0.472 e. The number of amides is 1. The highest BCUT2D eigenvalue weighted by molar-refractivity contribution is 5.92. The number of ether oxygens (including phenoxy) is 1. The average Bonchev–Trinajstić information content (AvgIpc) is 3.44. The van der Waals surface area contributed by atoms with E-state index in [0.717, 1.165) is 30.2 Å². The molecule has 146 valence electrons. The molecule has 1 amide bonds. The Morgan fingerprint density at radius 2 is 2.11 bits per heavy atom. The van der Waals surface area contributed by atoms with Crippen LogP contribution in [0, 0.1) is 0 Å². The summed E-state index contributed by atoms with van der Waals surface area (Å²) in [6.45, 7) is 3.07. The molecule has 9 nitrogen and oxygen atoms in total. The van der Waals surface area contributed by atoms with E-state index in [4.69, 9.17) is 13.7 Å². The highest BCUT2D eigenvalue weighted by atomic mass is 16.5. The van der Waals surface area contributed by atoms with E-state index in [1.165, 1.54) is 0 Å². The van der Waals surface area contributed by atoms with Crippen molar-refractivity contribution in [3.05, 3.63) is 42.8 Å². The molecule has 1 fully saturated rings. The number of aromatic nitrogens is 3. The zero-order valence-electron chi connectivity index (χ0n) is 15.6. The molecule has 0 aromatic carbocycles. The van der Waals surface area contributed by atoms with E-state index in [2.05, 4.69) is 20.0 Å². The SMILES string of the molecule is CN(C(=O)CCc1nc(-c2ccoc2)no1)c1ccc(N2CCOCC2)nc1. The Balaban J connectivity index is 1.33. The van der Waals surface area contributed by atoms with Gasteiger partial charge in [0.05, 0.1) is 36.9 Å². The number of rotatable bonds is 6. The van der Waals surface area contributed by atoms with Crippen molar-refractivity contribution < 1.29 is 18.5 Å². The van der Waals surface area contributed by atoms with Crippen molar-refractivity contribution >= 4 is 17.4 Å². The molecule has 0 atom stereocenters. The van der Waals surface area contributed by atoms with Gasteiger partial charge in [0, 0.05) is 33.0 Å². The summed E-state index contributed by atoms with van der Waals surface area (Å²) in [5, 5.41) is 3.90. The molecule has 3 aromatic heterocycles. The van der Waals surface area contributed by atoms with Crippen LogP contribution in [0.2, 0.25) is 0 Å². The van der Waals surface area contributed by atoms with Gasteiger partial charge in [0.15, 0.2) is 0 Å². The summed E-state index contributed by atoms with van der Waals surface area (Å²) in [7, 11) is 1.73. The molecule has 28 heavy (non-hydrogen) atoms. The number of carbonyl (C=O) groups excluding carboxylic acids is 1. The second-order valence-electron chi connectivity index (χ2n) is 6.45. The third kappa shape index (κ3) is 4.04. The van der Waals surface area contributed by atoms with Crippen molar-refractivity contribution in [3.8, 4) is 11.4 Å². The standard InChI is InChI=1S/C19H21N5O4/c1-23(15-2-3-16(20-12-15)24-7-10-26-11-8-24)18(25)5-4-17-21-19(22-28-17)14-6-9-27-13-14/h2-3,6,9,12-13H,4-5,7-8,10-11H2,1H3. The van der Waals surface area contributed by atoms with E-state index < -0.39 is 0 Å². The molecule has 1 saturated heterocycles. The Kier molecular flexibility index (Phi) is 5.34. The summed E-state index contributed by atoms with van der Waals surface area (Å²) in [5.41, 5.74) is 1.48. The smallest absolute Gasteiger partial charge is 0.227 e. The van der Waals surface area contributed by atoms with Gasteiger partial charge in [-0.15, -0.1) is 0 Å². The molecule has 1 aliphatic heterocycles. The summed E-state index contributed by atoms with van der Waals surface area (Å²) in [6.07, 6.45) is 5.43. The predicted octanol–water partition coefficient (Wildman–Crippen LogP) is 2.16. The number of anilines is 2. The number of hydrogen-bond acceptors (Lipinski definition) is 8. The van der Waals surface area contributed by atoms with Crippen molar-refractivity contribution in [2.24, 2.45) is 0 Å². The topological polar surface area (TPSA) is 97.7 Å². The first kappa shape index (κ1) is 18.2. The fraction of sp³-hybridized carbons (Fsp3) is 0.368. The fourth-order valence-corrected chi connectivity index (χ4v) is 2.95. The van der Waals surface area contributed by atoms with Gasteiger partial charge in [-0.3, -0.25) is 4.79 Å². The maximum atomic E-state index is 12.5. The maximum absolute atomic E-state index is 12.5. The minimum absolute atomic E-state index is 0.0519. The molecular formula is C19H21N5O4. The number of morpholine rings is 1. The van der Waals surface area contributed by atoms with E-state index in [-0.39, 0.29) is 12.3 Å². The fourth-order valence-electron chi connectivity index (χ4n) is 2.95. The van der Waals surface area contributed by atoms with Crippen molar-refractivity contribution in [2.75, 3.05) is 43.2 Å². The number of nitrogens with zero attached hydrogens (tertiary/aromatic N) is 5. The molecule has 0 spiro atoms. The average molecular weight is 383 g/mol. The Morgan fingerprint density at radius 3 is 2.82 bits per heavy atom. The Bertz CT molecular complexity index is 901. The van der Waals surface area contributed by atoms with Crippen LogP contribution >= 0.6 is 0 Å². The molecule has 4 rings (SSSR count). The summed E-state index contributed by atoms with van der Waals surface area (Å²) in [5.74, 6) is 1.71. The zero-order chi connectivity index (χ0) is 19.3. The van der Waals surface area contributed by atoms with Crippen LogP contribution in [0.3, 0.4) is 0 Å². The summed E-state index contributed by atoms with van der Waals surface area (Å²) < 4.78 is 15.6. The van der Waals surface area contributed by atoms with Crippen LogP contribution < -0.4 is 9.80 Å². The van der Waals surface area contributed by atoms with Crippen molar-refractivity contribution in [3.63, 3.8) is 0 Å². The van der Waals surface area contributed by atoms with Gasteiger partial charge in [-0.05, 0) is 18.2 Å². The Hall–Kier alpha value is -3.20. The molecule has 0 unspecified atom stereocenters. The molecule has 9 heteroatoms. The molecule has 3 aromatic rings. The van der Waals surface area contributed by atoms with Crippen LogP contribution in [0.15, 0.2) is 45.9 Å². The van der Waals surface area contributed by atoms with E-state index in [0.29, 0.717) is 31.3 Å². The third-order valence-corrected chi connectivity index (χ3v) is 4.63. The minimum atomic E-state index is -0.0519. The van der Waals surface area contributed by atoms with E-state index in [1.807, 2.05) is 12.1 Å². The lowest BCUT2D eigenvalue weighted by atomic mass is 10.2. The van der Waals surface area contributed by atoms with Crippen molar-refractivity contribution in [1.82, 2.24) is 15.1 Å². The quantitative estimate of drug-likeness (QED) is 0.639. The lowest BCUT2D eigenvalue weighted by Crippen LogP contribution is -2.36. The monoisotopic (exact) mass is 383 g/mol. The van der Waals surface area contributed by atoms with E-state index in [1.54, 1.807) is 36.7 Å². The molecule has 0 N–H and O–H groups in total. The van der Waals surface area contributed by atoms with Crippen LogP contribution in [0.4, 0.5) is 11.5 Å². The molecule has 0 radical (unpaired) electrons. The van der Waals surface area contributed by atoms with Crippen LogP contribution in [0.1, 0.15) is 12.3 Å². The number of furan rings is 1. The van der Waals surface area contributed by atoms with Gasteiger partial charge in [-0.2, -0.15) is 4.98 Å². The number of aryl methyl sites for hydroxylation is 1. The van der Waals surface area contributed by atoms with E-state index in [9.17, 15) is 4.79 Å². The van der Waals surface area contributed by atoms with Gasteiger partial charge in [0.2, 0.25) is 17.6 Å². The predicted molar refractivity (Wildman–Crippen MR) is 101 cm³/mol. The molecule has 0 aliphatic carbocycles. The first-order chi connectivity index (χ1) is 13.7. The lowest BCUT2D eigenvalue weighted by molar-refractivity contribution is -0.118. The first-order valence-corrected chi connectivity index (χ1v) is 9.11. The maximum Gasteiger partial charge on any atom is 0.227 e. The van der Waals surface area contributed by atoms with Crippen LogP contribution in [-0.4, -0.2) is 54.4 Å². The van der Waals surface area contributed by atoms with Crippen molar-refractivity contribution in [2.45, 2.75) is 12.8 Å². The highest BCUT2D eigenvalue weighted by Crippen LogP contribution is 2.19. The second-order valence-corrected chi connectivity index (χ2v) is 6.45. The van der Waals surface area contributed by atoms with Crippen molar-refractivity contribution in [1.29, 1.82) is 0 Å². The van der Waals surface area contributed by atoms with Crippen LogP contribution in [0.5, 0.6) is 0 Å². The highest BCUT2D eigenvalue weighted by Gasteiger charge is 2.16. The second kappa shape index (κ2) is 8.22. The summed E-state index contributed by atoms with van der Waals surface area (Å²) >= 11 is 0. The minimum Gasteiger partial charge on any atom is -0.472 e. The van der Waals surface area contributed by atoms with Gasteiger partial charge in [0.1, 0.15) is 12.1 Å². The van der Waals surface area contributed by atoms with Gasteiger partial charge >= 0.3 is 0 Å². The van der Waals surface area contributed by atoms with Gasteiger partial charge in [-0.25, -0.2) is 4.98 Å². The zero-order valence-corrected chi connectivity index (χ0v) is 15.6. The molecule has 0 saturated carbocycles. The number of hydrogen-bond donors (Lipinski definition) is 0. The number of pyridine rings is 1. The Morgan fingerprint density at radius 1 is 1.25 bits per heavy atom. The van der Waals surface area contributed by atoms with Crippen LogP contribution in [0.25, 0.3) is 11.4 Å². The molecule has 1 aliphatic rings. The molecular weight excluding hydrogens is 362 g/mol. The summed E-state index contributed by atoms with van der Waals surface area (Å²) in [6, 6.07) is 5.58. The first-order valence-electron chi connectivity index (χ1n) is 9.11. The molecule has 4 heterocycles. The van der Waals surface area contributed by atoms with Gasteiger partial charge in [0.25, 0.3) is 0 Å². The van der Waals surface area contributed by atoms with Gasteiger partial charge < -0.3 is 23.5 Å². The summed E-state index contributed by atoms with van der Waals surface area (Å²) in [4.78, 5) is 25.0.